The Labute approximate surface area is 164 Å². The van der Waals surface area contributed by atoms with Gasteiger partial charge in [0.1, 0.15) is 0 Å². The van der Waals surface area contributed by atoms with Gasteiger partial charge in [0.15, 0.2) is 0 Å². The molecule has 6 nitrogen and oxygen atoms in total. The number of rotatable bonds is 7. The number of amides is 1. The van der Waals surface area contributed by atoms with Crippen molar-refractivity contribution < 1.29 is 13.2 Å². The molecule has 0 radical (unpaired) electrons. The van der Waals surface area contributed by atoms with Gasteiger partial charge in [-0.3, -0.25) is 4.79 Å². The van der Waals surface area contributed by atoms with Crippen molar-refractivity contribution in [2.45, 2.75) is 51.5 Å². The number of piperidine rings is 1. The van der Waals surface area contributed by atoms with Crippen LogP contribution in [0.3, 0.4) is 0 Å². The molecule has 1 atom stereocenters. The molecule has 1 saturated heterocycles. The maximum absolute atomic E-state index is 12.6. The van der Waals surface area contributed by atoms with E-state index in [2.05, 4.69) is 31.3 Å². The van der Waals surface area contributed by atoms with Crippen LogP contribution in [0.4, 0.5) is 0 Å². The van der Waals surface area contributed by atoms with Gasteiger partial charge in [-0.2, -0.15) is 17.0 Å². The van der Waals surface area contributed by atoms with Crippen LogP contribution in [-0.4, -0.2) is 56.2 Å². The minimum Gasteiger partial charge on any atom is -0.353 e. The van der Waals surface area contributed by atoms with Crippen LogP contribution in [0.1, 0.15) is 45.6 Å². The highest BCUT2D eigenvalue weighted by atomic mass is 32.2. The standard InChI is InChI=1S/C20H33N3O3S/c1-16(15-20(2,3)18-9-7-6-8-10-18)21-19(24)17-11-13-23(14-12-17)27(25,26)22(4)5/h6-10,16-17H,11-15H2,1-5H3,(H,21,24). The van der Waals surface area contributed by atoms with Crippen molar-refractivity contribution >= 4 is 16.1 Å². The molecule has 1 aliphatic rings. The highest BCUT2D eigenvalue weighted by Crippen LogP contribution is 2.28. The van der Waals surface area contributed by atoms with E-state index in [-0.39, 0.29) is 23.3 Å². The van der Waals surface area contributed by atoms with Crippen molar-refractivity contribution in [1.82, 2.24) is 13.9 Å². The summed E-state index contributed by atoms with van der Waals surface area (Å²) in [6.45, 7) is 7.20. The first-order chi connectivity index (χ1) is 12.5. The van der Waals surface area contributed by atoms with Gasteiger partial charge in [0.25, 0.3) is 10.2 Å². The third-order valence-electron chi connectivity index (χ3n) is 5.37. The predicted octanol–water partition coefficient (Wildman–Crippen LogP) is 2.38. The molecular formula is C20H33N3O3S. The van der Waals surface area contributed by atoms with E-state index < -0.39 is 10.2 Å². The minimum absolute atomic E-state index is 0.0306. The fourth-order valence-corrected chi connectivity index (χ4v) is 4.90. The zero-order valence-electron chi connectivity index (χ0n) is 17.1. The van der Waals surface area contributed by atoms with Gasteiger partial charge in [-0.25, -0.2) is 0 Å². The van der Waals surface area contributed by atoms with Crippen LogP contribution in [0.2, 0.25) is 0 Å². The van der Waals surface area contributed by atoms with Gasteiger partial charge in [-0.1, -0.05) is 44.2 Å². The van der Waals surface area contributed by atoms with Gasteiger partial charge in [-0.15, -0.1) is 0 Å². The van der Waals surface area contributed by atoms with Crippen LogP contribution < -0.4 is 5.32 Å². The van der Waals surface area contributed by atoms with Gasteiger partial charge >= 0.3 is 0 Å². The lowest BCUT2D eigenvalue weighted by Crippen LogP contribution is -2.48. The van der Waals surface area contributed by atoms with Crippen LogP contribution in [0.15, 0.2) is 30.3 Å². The van der Waals surface area contributed by atoms with Gasteiger partial charge in [0.2, 0.25) is 5.91 Å². The molecule has 1 unspecified atom stereocenters. The van der Waals surface area contributed by atoms with E-state index in [1.165, 1.54) is 28.3 Å². The lowest BCUT2D eigenvalue weighted by atomic mass is 9.79. The SMILES string of the molecule is CC(CC(C)(C)c1ccccc1)NC(=O)C1CCN(S(=O)(=O)N(C)C)CC1. The third-order valence-corrected chi connectivity index (χ3v) is 7.31. The molecule has 0 spiro atoms. The van der Waals surface area contributed by atoms with Gasteiger partial charge in [0, 0.05) is 39.1 Å². The van der Waals surface area contributed by atoms with E-state index >= 15 is 0 Å². The fraction of sp³-hybridized carbons (Fsp3) is 0.650. The largest absolute Gasteiger partial charge is 0.353 e. The average molecular weight is 396 g/mol. The van der Waals surface area contributed by atoms with Crippen molar-refractivity contribution in [3.05, 3.63) is 35.9 Å². The predicted molar refractivity (Wildman–Crippen MR) is 109 cm³/mol. The molecule has 0 saturated carbocycles. The molecule has 2 rings (SSSR count). The first kappa shape index (κ1) is 21.9. The van der Waals surface area contributed by atoms with Crippen LogP contribution in [0, 0.1) is 5.92 Å². The highest BCUT2D eigenvalue weighted by molar-refractivity contribution is 7.86. The Kier molecular flexibility index (Phi) is 7.05. The maximum atomic E-state index is 12.6. The number of hydrogen-bond donors (Lipinski definition) is 1. The van der Waals surface area contributed by atoms with Crippen molar-refractivity contribution in [3.63, 3.8) is 0 Å². The van der Waals surface area contributed by atoms with Gasteiger partial charge in [0.05, 0.1) is 0 Å². The molecule has 1 heterocycles. The van der Waals surface area contributed by atoms with E-state index in [0.29, 0.717) is 25.9 Å². The van der Waals surface area contributed by atoms with Crippen LogP contribution >= 0.6 is 0 Å². The Bertz CT molecular complexity index is 724. The Balaban J connectivity index is 1.87. The number of nitrogens with one attached hydrogen (secondary N) is 1. The molecule has 1 aromatic rings. The Hall–Kier alpha value is -1.44. The van der Waals surface area contributed by atoms with Crippen LogP contribution in [0.5, 0.6) is 0 Å². The maximum Gasteiger partial charge on any atom is 0.281 e. The first-order valence-electron chi connectivity index (χ1n) is 9.57. The molecule has 7 heteroatoms. The summed E-state index contributed by atoms with van der Waals surface area (Å²) < 4.78 is 27.0. The lowest BCUT2D eigenvalue weighted by molar-refractivity contribution is -0.126. The van der Waals surface area contributed by atoms with Crippen LogP contribution in [-0.2, 0) is 20.4 Å². The summed E-state index contributed by atoms with van der Waals surface area (Å²) in [5.41, 5.74) is 1.23. The molecule has 1 aliphatic heterocycles. The molecule has 0 aromatic heterocycles. The van der Waals surface area contributed by atoms with Crippen molar-refractivity contribution in [2.24, 2.45) is 5.92 Å². The molecule has 152 valence electrons. The van der Waals surface area contributed by atoms with Crippen LogP contribution in [0.25, 0.3) is 0 Å². The van der Waals surface area contributed by atoms with Crippen molar-refractivity contribution in [2.75, 3.05) is 27.2 Å². The van der Waals surface area contributed by atoms with E-state index in [9.17, 15) is 13.2 Å². The second-order valence-electron chi connectivity index (χ2n) is 8.33. The molecule has 1 N–H and O–H groups in total. The summed E-state index contributed by atoms with van der Waals surface area (Å²) in [6.07, 6.45) is 1.97. The molecule has 1 amide bonds. The number of carbonyl (C=O) groups is 1. The number of carbonyl (C=O) groups excluding carboxylic acids is 1. The zero-order valence-corrected chi connectivity index (χ0v) is 17.9. The summed E-state index contributed by atoms with van der Waals surface area (Å²) >= 11 is 0. The quantitative estimate of drug-likeness (QED) is 0.771. The smallest absolute Gasteiger partial charge is 0.281 e. The van der Waals surface area contributed by atoms with Gasteiger partial charge < -0.3 is 5.32 Å². The van der Waals surface area contributed by atoms with Gasteiger partial charge in [-0.05, 0) is 37.2 Å². The third kappa shape index (κ3) is 5.53. The number of benzene rings is 1. The monoisotopic (exact) mass is 395 g/mol. The summed E-state index contributed by atoms with van der Waals surface area (Å²) in [7, 11) is -0.328. The van der Waals surface area contributed by atoms with E-state index in [1.807, 2.05) is 25.1 Å². The summed E-state index contributed by atoms with van der Waals surface area (Å²) in [5, 5.41) is 3.13. The summed E-state index contributed by atoms with van der Waals surface area (Å²) in [6, 6.07) is 10.4. The lowest BCUT2D eigenvalue weighted by Gasteiger charge is -2.33. The number of nitrogens with zero attached hydrogens (tertiary/aromatic N) is 2. The normalized spacial score (nSPS) is 18.4. The Morgan fingerprint density at radius 1 is 1.22 bits per heavy atom. The van der Waals surface area contributed by atoms with E-state index in [1.54, 1.807) is 0 Å². The zero-order chi connectivity index (χ0) is 20.2. The molecular weight excluding hydrogens is 362 g/mol. The summed E-state index contributed by atoms with van der Waals surface area (Å²) in [4.78, 5) is 12.6. The summed E-state index contributed by atoms with van der Waals surface area (Å²) in [5.74, 6) is -0.0887. The highest BCUT2D eigenvalue weighted by Gasteiger charge is 2.33. The molecule has 27 heavy (non-hydrogen) atoms. The first-order valence-corrected chi connectivity index (χ1v) is 11.0. The minimum atomic E-state index is -3.39. The second-order valence-corrected chi connectivity index (χ2v) is 10.5. The van der Waals surface area contributed by atoms with Crippen molar-refractivity contribution in [3.8, 4) is 0 Å². The Morgan fingerprint density at radius 2 is 1.78 bits per heavy atom. The Morgan fingerprint density at radius 3 is 2.30 bits per heavy atom. The fourth-order valence-electron chi connectivity index (χ4n) is 3.76. The average Bonchev–Trinajstić information content (AvgIpc) is 2.61. The molecule has 0 aliphatic carbocycles. The van der Waals surface area contributed by atoms with Crippen molar-refractivity contribution in [1.29, 1.82) is 0 Å². The molecule has 0 bridgehead atoms. The number of hydrogen-bond acceptors (Lipinski definition) is 3. The van der Waals surface area contributed by atoms with E-state index in [4.69, 9.17) is 0 Å². The topological polar surface area (TPSA) is 69.7 Å². The molecule has 1 fully saturated rings. The van der Waals surface area contributed by atoms with E-state index in [0.717, 1.165) is 6.42 Å². The molecule has 1 aromatic carbocycles. The second kappa shape index (κ2) is 8.71.